The topological polar surface area (TPSA) is 70.7 Å². The first-order valence-electron chi connectivity index (χ1n) is 7.62. The Bertz CT molecular complexity index is 884. The van der Waals surface area contributed by atoms with E-state index >= 15 is 0 Å². The van der Waals surface area contributed by atoms with Crippen LogP contribution in [0.4, 0.5) is 10.5 Å². The van der Waals surface area contributed by atoms with Gasteiger partial charge in [-0.25, -0.2) is 10.2 Å². The molecule has 1 aliphatic rings. The van der Waals surface area contributed by atoms with Crippen molar-refractivity contribution in [2.24, 2.45) is 0 Å². The summed E-state index contributed by atoms with van der Waals surface area (Å²) in [6.45, 7) is 0. The van der Waals surface area contributed by atoms with Gasteiger partial charge in [-0.2, -0.15) is 5.01 Å². The number of para-hydroxylation sites is 2. The summed E-state index contributed by atoms with van der Waals surface area (Å²) in [5.74, 6) is 0.252. The van der Waals surface area contributed by atoms with Gasteiger partial charge < -0.3 is 10.1 Å². The molecule has 0 radical (unpaired) electrons. The van der Waals surface area contributed by atoms with E-state index in [1.807, 2.05) is 24.3 Å². The minimum Gasteiger partial charge on any atom is -0.496 e. The molecule has 1 aliphatic heterocycles. The number of hydrogen-bond donors (Lipinski definition) is 2. The first-order valence-corrected chi connectivity index (χ1v) is 8.84. The lowest BCUT2D eigenvalue weighted by Crippen LogP contribution is -2.46. The molecule has 0 spiro atoms. The number of amides is 3. The lowest BCUT2D eigenvalue weighted by Gasteiger charge is -2.16. The van der Waals surface area contributed by atoms with Gasteiger partial charge in [-0.1, -0.05) is 48.2 Å². The zero-order valence-corrected chi connectivity index (χ0v) is 15.4. The summed E-state index contributed by atoms with van der Waals surface area (Å²) < 4.78 is 5.53. The van der Waals surface area contributed by atoms with E-state index < -0.39 is 11.9 Å². The second-order valence-electron chi connectivity index (χ2n) is 5.19. The molecule has 2 N–H and O–H groups in total. The van der Waals surface area contributed by atoms with Gasteiger partial charge in [0.15, 0.2) is 4.32 Å². The number of rotatable bonds is 4. The van der Waals surface area contributed by atoms with E-state index in [1.54, 1.807) is 43.5 Å². The van der Waals surface area contributed by atoms with Crippen molar-refractivity contribution in [2.75, 3.05) is 12.4 Å². The molecule has 2 aromatic rings. The number of thiocarbonyl (C=S) groups is 1. The van der Waals surface area contributed by atoms with E-state index in [4.69, 9.17) is 17.0 Å². The molecule has 26 heavy (non-hydrogen) atoms. The number of carbonyl (C=O) groups excluding carboxylic acids is 2. The molecule has 3 amide bonds. The van der Waals surface area contributed by atoms with Crippen LogP contribution in [-0.4, -0.2) is 28.4 Å². The molecule has 0 atom stereocenters. The Labute approximate surface area is 160 Å². The lowest BCUT2D eigenvalue weighted by atomic mass is 10.2. The number of benzene rings is 2. The number of ether oxygens (including phenoxy) is 1. The third-order valence-electron chi connectivity index (χ3n) is 3.46. The SMILES string of the molecule is COc1ccccc1C=C1SC(=S)N(NC(=O)Nc2ccccc2)C1=O. The highest BCUT2D eigenvalue weighted by Crippen LogP contribution is 2.33. The average molecular weight is 385 g/mol. The number of nitrogens with zero attached hydrogens (tertiary/aromatic N) is 1. The van der Waals surface area contributed by atoms with Crippen molar-refractivity contribution in [3.63, 3.8) is 0 Å². The monoisotopic (exact) mass is 385 g/mol. The molecule has 3 rings (SSSR count). The smallest absolute Gasteiger partial charge is 0.338 e. The second kappa shape index (κ2) is 8.03. The summed E-state index contributed by atoms with van der Waals surface area (Å²) in [6, 6.07) is 15.7. The van der Waals surface area contributed by atoms with Crippen molar-refractivity contribution < 1.29 is 14.3 Å². The fourth-order valence-electron chi connectivity index (χ4n) is 2.27. The normalized spacial score (nSPS) is 15.3. The zero-order chi connectivity index (χ0) is 18.5. The van der Waals surface area contributed by atoms with Gasteiger partial charge in [-0.05, 0) is 36.5 Å². The van der Waals surface area contributed by atoms with E-state index in [9.17, 15) is 9.59 Å². The first-order chi connectivity index (χ1) is 12.6. The summed E-state index contributed by atoms with van der Waals surface area (Å²) in [5.41, 5.74) is 3.84. The molecule has 0 aliphatic carbocycles. The van der Waals surface area contributed by atoms with Gasteiger partial charge in [0.1, 0.15) is 5.75 Å². The molecule has 1 fully saturated rings. The van der Waals surface area contributed by atoms with Gasteiger partial charge in [0.2, 0.25) is 0 Å². The highest BCUT2D eigenvalue weighted by atomic mass is 32.2. The Morgan fingerprint density at radius 3 is 2.58 bits per heavy atom. The standard InChI is InChI=1S/C18H15N3O3S2/c1-24-14-10-6-5-7-12(14)11-15-16(22)21(18(25)26-15)20-17(23)19-13-8-3-2-4-9-13/h2-11H,1H3,(H2,19,20,23). The van der Waals surface area contributed by atoms with Crippen molar-refractivity contribution in [3.05, 3.63) is 65.1 Å². The molecular weight excluding hydrogens is 370 g/mol. The molecule has 2 aromatic carbocycles. The molecule has 0 aromatic heterocycles. The number of nitrogens with one attached hydrogen (secondary N) is 2. The molecule has 0 saturated carbocycles. The van der Waals surface area contributed by atoms with E-state index in [-0.39, 0.29) is 4.32 Å². The maximum Gasteiger partial charge on any atom is 0.338 e. The molecule has 132 valence electrons. The van der Waals surface area contributed by atoms with Gasteiger partial charge >= 0.3 is 6.03 Å². The third-order valence-corrected chi connectivity index (χ3v) is 4.77. The number of methoxy groups -OCH3 is 1. The van der Waals surface area contributed by atoms with Gasteiger partial charge in [-0.15, -0.1) is 0 Å². The Morgan fingerprint density at radius 1 is 1.15 bits per heavy atom. The predicted octanol–water partition coefficient (Wildman–Crippen LogP) is 3.63. The molecule has 1 saturated heterocycles. The van der Waals surface area contributed by atoms with Crippen molar-refractivity contribution in [1.29, 1.82) is 0 Å². The van der Waals surface area contributed by atoms with Crippen LogP contribution in [0.1, 0.15) is 5.56 Å². The number of carbonyl (C=O) groups is 2. The lowest BCUT2D eigenvalue weighted by molar-refractivity contribution is -0.123. The molecule has 6 nitrogen and oxygen atoms in total. The molecular formula is C18H15N3O3S2. The number of hydrazine groups is 1. The van der Waals surface area contributed by atoms with Crippen LogP contribution in [-0.2, 0) is 4.79 Å². The molecule has 0 bridgehead atoms. The molecule has 0 unspecified atom stereocenters. The number of hydrogen-bond acceptors (Lipinski definition) is 5. The van der Waals surface area contributed by atoms with Gasteiger partial charge in [-0.3, -0.25) is 4.79 Å². The number of anilines is 1. The third kappa shape index (κ3) is 4.04. The summed E-state index contributed by atoms with van der Waals surface area (Å²) >= 11 is 6.32. The Balaban J connectivity index is 1.72. The number of urea groups is 1. The highest BCUT2D eigenvalue weighted by Gasteiger charge is 2.33. The van der Waals surface area contributed by atoms with E-state index in [0.29, 0.717) is 16.3 Å². The number of thioether (sulfide) groups is 1. The largest absolute Gasteiger partial charge is 0.496 e. The minimum atomic E-state index is -0.550. The summed E-state index contributed by atoms with van der Waals surface area (Å²) in [7, 11) is 1.56. The summed E-state index contributed by atoms with van der Waals surface area (Å²) in [4.78, 5) is 25.1. The van der Waals surface area contributed by atoms with Crippen LogP contribution in [0.3, 0.4) is 0 Å². The summed E-state index contributed by atoms with van der Waals surface area (Å²) in [6.07, 6.45) is 1.69. The van der Waals surface area contributed by atoms with Crippen LogP contribution in [0.2, 0.25) is 0 Å². The Hall–Kier alpha value is -2.84. The van der Waals surface area contributed by atoms with Gasteiger partial charge in [0.25, 0.3) is 5.91 Å². The van der Waals surface area contributed by atoms with Crippen LogP contribution in [0.15, 0.2) is 59.5 Å². The van der Waals surface area contributed by atoms with Crippen LogP contribution >= 0.6 is 24.0 Å². The van der Waals surface area contributed by atoms with Crippen LogP contribution in [0.25, 0.3) is 6.08 Å². The van der Waals surface area contributed by atoms with Crippen molar-refractivity contribution >= 4 is 52.0 Å². The van der Waals surface area contributed by atoms with E-state index in [1.165, 1.54) is 0 Å². The van der Waals surface area contributed by atoms with Crippen molar-refractivity contribution in [1.82, 2.24) is 10.4 Å². The molecule has 1 heterocycles. The Kier molecular flexibility index (Phi) is 5.55. The van der Waals surface area contributed by atoms with E-state index in [0.717, 1.165) is 22.3 Å². The first kappa shape index (κ1) is 18.0. The zero-order valence-electron chi connectivity index (χ0n) is 13.8. The van der Waals surface area contributed by atoms with Crippen molar-refractivity contribution in [3.8, 4) is 5.75 Å². The van der Waals surface area contributed by atoms with Crippen LogP contribution < -0.4 is 15.5 Å². The predicted molar refractivity (Wildman–Crippen MR) is 107 cm³/mol. The quantitative estimate of drug-likeness (QED) is 0.621. The average Bonchev–Trinajstić information content (AvgIpc) is 2.90. The minimum absolute atomic E-state index is 0.249. The van der Waals surface area contributed by atoms with Crippen LogP contribution in [0, 0.1) is 0 Å². The van der Waals surface area contributed by atoms with Gasteiger partial charge in [0.05, 0.1) is 12.0 Å². The molecule has 8 heteroatoms. The van der Waals surface area contributed by atoms with E-state index in [2.05, 4.69) is 10.7 Å². The highest BCUT2D eigenvalue weighted by molar-refractivity contribution is 8.26. The Morgan fingerprint density at radius 2 is 1.85 bits per heavy atom. The van der Waals surface area contributed by atoms with Crippen LogP contribution in [0.5, 0.6) is 5.75 Å². The fraction of sp³-hybridized carbons (Fsp3) is 0.0556. The second-order valence-corrected chi connectivity index (χ2v) is 6.87. The summed E-state index contributed by atoms with van der Waals surface area (Å²) in [5, 5.41) is 3.70. The van der Waals surface area contributed by atoms with Gasteiger partial charge in [0, 0.05) is 11.3 Å². The fourth-order valence-corrected chi connectivity index (χ4v) is 3.44. The maximum atomic E-state index is 12.6. The van der Waals surface area contributed by atoms with Crippen molar-refractivity contribution in [2.45, 2.75) is 0 Å². The maximum absolute atomic E-state index is 12.6.